The molecule has 0 aromatic heterocycles. The normalized spacial score (nSPS) is 18.7. The molecule has 2 rings (SSSR count). The summed E-state index contributed by atoms with van der Waals surface area (Å²) in [7, 11) is 2.01. The van der Waals surface area contributed by atoms with Gasteiger partial charge >= 0.3 is 0 Å². The highest BCUT2D eigenvalue weighted by Gasteiger charge is 2.32. The quantitative estimate of drug-likeness (QED) is 0.883. The highest BCUT2D eigenvalue weighted by molar-refractivity contribution is 5.17. The zero-order valence-corrected chi connectivity index (χ0v) is 11.7. The second-order valence-electron chi connectivity index (χ2n) is 5.98. The largest absolute Gasteiger partial charge is 0.396 e. The van der Waals surface area contributed by atoms with Crippen LogP contribution in [0.4, 0.5) is 4.39 Å². The first-order chi connectivity index (χ1) is 9.15. The predicted molar refractivity (Wildman–Crippen MR) is 75.3 cm³/mol. The lowest BCUT2D eigenvalue weighted by molar-refractivity contribution is 0.0461. The average molecular weight is 265 g/mol. The van der Waals surface area contributed by atoms with Crippen LogP contribution in [0.5, 0.6) is 0 Å². The van der Waals surface area contributed by atoms with Gasteiger partial charge in [0.1, 0.15) is 5.82 Å². The van der Waals surface area contributed by atoms with Crippen molar-refractivity contribution in [1.29, 1.82) is 0 Å². The van der Waals surface area contributed by atoms with Crippen LogP contribution < -0.4 is 0 Å². The van der Waals surface area contributed by atoms with Gasteiger partial charge in [-0.1, -0.05) is 37.5 Å². The fourth-order valence-corrected chi connectivity index (χ4v) is 3.21. The fourth-order valence-electron chi connectivity index (χ4n) is 3.21. The highest BCUT2D eigenvalue weighted by Crippen LogP contribution is 2.36. The Bertz CT molecular complexity index is 401. The van der Waals surface area contributed by atoms with Gasteiger partial charge in [0.05, 0.1) is 0 Å². The number of halogens is 1. The minimum Gasteiger partial charge on any atom is -0.396 e. The molecule has 0 radical (unpaired) electrons. The van der Waals surface area contributed by atoms with E-state index in [1.54, 1.807) is 6.07 Å². The Labute approximate surface area is 115 Å². The molecular formula is C16H24FNO. The monoisotopic (exact) mass is 265 g/mol. The third kappa shape index (κ3) is 3.77. The number of hydrogen-bond acceptors (Lipinski definition) is 2. The van der Waals surface area contributed by atoms with Crippen molar-refractivity contribution < 1.29 is 9.50 Å². The van der Waals surface area contributed by atoms with Crippen molar-refractivity contribution in [2.45, 2.75) is 38.6 Å². The Morgan fingerprint density at radius 2 is 1.89 bits per heavy atom. The minimum atomic E-state index is -0.143. The Morgan fingerprint density at radius 3 is 2.53 bits per heavy atom. The molecule has 1 fully saturated rings. The Morgan fingerprint density at radius 1 is 1.21 bits per heavy atom. The topological polar surface area (TPSA) is 23.5 Å². The summed E-state index contributed by atoms with van der Waals surface area (Å²) in [5.74, 6) is -0.143. The molecule has 1 saturated carbocycles. The number of benzene rings is 1. The maximum atomic E-state index is 13.6. The lowest BCUT2D eigenvalue weighted by Crippen LogP contribution is -2.39. The molecule has 0 unspecified atom stereocenters. The first-order valence-corrected chi connectivity index (χ1v) is 7.18. The smallest absolute Gasteiger partial charge is 0.127 e. The molecule has 1 aromatic carbocycles. The summed E-state index contributed by atoms with van der Waals surface area (Å²) in [4.78, 5) is 2.14. The van der Waals surface area contributed by atoms with Crippen LogP contribution in [0, 0.1) is 11.2 Å². The van der Waals surface area contributed by atoms with E-state index in [0.717, 1.165) is 24.9 Å². The van der Waals surface area contributed by atoms with Gasteiger partial charge in [-0.05, 0) is 26.0 Å². The number of rotatable bonds is 5. The van der Waals surface area contributed by atoms with Crippen molar-refractivity contribution in [1.82, 2.24) is 4.90 Å². The van der Waals surface area contributed by atoms with E-state index >= 15 is 0 Å². The fraction of sp³-hybridized carbons (Fsp3) is 0.625. The van der Waals surface area contributed by atoms with Crippen LogP contribution in [0.2, 0.25) is 0 Å². The third-order valence-electron chi connectivity index (χ3n) is 4.25. The molecule has 0 heterocycles. The van der Waals surface area contributed by atoms with E-state index in [1.165, 1.54) is 25.3 Å². The van der Waals surface area contributed by atoms with Crippen molar-refractivity contribution in [2.75, 3.05) is 20.2 Å². The molecule has 1 aromatic rings. The van der Waals surface area contributed by atoms with Gasteiger partial charge in [0.15, 0.2) is 0 Å². The standard InChI is InChI=1S/C16H24FNO/c1-18(11-14-7-3-4-8-15(14)17)12-16(13-19)9-5-2-6-10-16/h3-4,7-8,19H,2,5-6,9-13H2,1H3. The third-order valence-corrected chi connectivity index (χ3v) is 4.25. The molecule has 0 saturated heterocycles. The predicted octanol–water partition coefficient (Wildman–Crippen LogP) is 3.20. The van der Waals surface area contributed by atoms with Crippen LogP contribution >= 0.6 is 0 Å². The summed E-state index contributed by atoms with van der Waals surface area (Å²) in [5, 5.41) is 9.71. The molecule has 1 aliphatic carbocycles. The summed E-state index contributed by atoms with van der Waals surface area (Å²) in [6, 6.07) is 6.92. The summed E-state index contributed by atoms with van der Waals surface area (Å²) >= 11 is 0. The first-order valence-electron chi connectivity index (χ1n) is 7.18. The molecule has 0 aliphatic heterocycles. The van der Waals surface area contributed by atoms with E-state index < -0.39 is 0 Å². The summed E-state index contributed by atoms with van der Waals surface area (Å²) < 4.78 is 13.6. The van der Waals surface area contributed by atoms with Gasteiger partial charge in [-0.15, -0.1) is 0 Å². The Kier molecular flexibility index (Phi) is 4.94. The number of aliphatic hydroxyl groups excluding tert-OH is 1. The second-order valence-corrected chi connectivity index (χ2v) is 5.98. The lowest BCUT2D eigenvalue weighted by atomic mass is 9.74. The van der Waals surface area contributed by atoms with Crippen molar-refractivity contribution >= 4 is 0 Å². The average Bonchev–Trinajstić information content (AvgIpc) is 2.42. The second kappa shape index (κ2) is 6.49. The summed E-state index contributed by atoms with van der Waals surface area (Å²) in [6.45, 7) is 1.70. The molecule has 19 heavy (non-hydrogen) atoms. The van der Waals surface area contributed by atoms with Gasteiger partial charge in [0.25, 0.3) is 0 Å². The number of nitrogens with zero attached hydrogens (tertiary/aromatic N) is 1. The van der Waals surface area contributed by atoms with E-state index in [-0.39, 0.29) is 17.8 Å². The molecular weight excluding hydrogens is 241 g/mol. The van der Waals surface area contributed by atoms with Gasteiger partial charge in [0, 0.05) is 30.7 Å². The van der Waals surface area contributed by atoms with Crippen molar-refractivity contribution in [2.24, 2.45) is 5.41 Å². The van der Waals surface area contributed by atoms with Gasteiger partial charge in [-0.25, -0.2) is 4.39 Å². The van der Waals surface area contributed by atoms with Crippen molar-refractivity contribution in [3.8, 4) is 0 Å². The molecule has 0 spiro atoms. The van der Waals surface area contributed by atoms with E-state index in [9.17, 15) is 9.50 Å². The number of aliphatic hydroxyl groups is 1. The van der Waals surface area contributed by atoms with Crippen LogP contribution in [0.1, 0.15) is 37.7 Å². The zero-order valence-electron chi connectivity index (χ0n) is 11.7. The first kappa shape index (κ1) is 14.5. The van der Waals surface area contributed by atoms with Gasteiger partial charge in [0.2, 0.25) is 0 Å². The van der Waals surface area contributed by atoms with Gasteiger partial charge in [-0.3, -0.25) is 0 Å². The van der Waals surface area contributed by atoms with E-state index in [1.807, 2.05) is 19.2 Å². The summed E-state index contributed by atoms with van der Waals surface area (Å²) in [5.41, 5.74) is 0.757. The van der Waals surface area contributed by atoms with Crippen LogP contribution in [-0.2, 0) is 6.54 Å². The zero-order chi connectivity index (χ0) is 13.7. The maximum absolute atomic E-state index is 13.6. The summed E-state index contributed by atoms with van der Waals surface area (Å²) in [6.07, 6.45) is 5.86. The molecule has 0 atom stereocenters. The highest BCUT2D eigenvalue weighted by atomic mass is 19.1. The van der Waals surface area contributed by atoms with Gasteiger partial charge in [-0.2, -0.15) is 0 Å². The van der Waals surface area contributed by atoms with Crippen LogP contribution in [0.3, 0.4) is 0 Å². The molecule has 3 heteroatoms. The molecule has 0 amide bonds. The van der Waals surface area contributed by atoms with E-state index in [2.05, 4.69) is 4.90 Å². The molecule has 1 aliphatic rings. The van der Waals surface area contributed by atoms with Crippen LogP contribution in [0.15, 0.2) is 24.3 Å². The number of hydrogen-bond donors (Lipinski definition) is 1. The van der Waals surface area contributed by atoms with Crippen LogP contribution in [0.25, 0.3) is 0 Å². The Balaban J connectivity index is 1.96. The minimum absolute atomic E-state index is 0.0260. The molecule has 2 nitrogen and oxygen atoms in total. The maximum Gasteiger partial charge on any atom is 0.127 e. The molecule has 0 bridgehead atoms. The van der Waals surface area contributed by atoms with E-state index in [4.69, 9.17) is 0 Å². The molecule has 1 N–H and O–H groups in total. The lowest BCUT2D eigenvalue weighted by Gasteiger charge is -2.38. The van der Waals surface area contributed by atoms with Crippen molar-refractivity contribution in [3.05, 3.63) is 35.6 Å². The van der Waals surface area contributed by atoms with E-state index in [0.29, 0.717) is 6.54 Å². The SMILES string of the molecule is CN(Cc1ccccc1F)CC1(CO)CCCCC1. The van der Waals surface area contributed by atoms with Crippen LogP contribution in [-0.4, -0.2) is 30.2 Å². The van der Waals surface area contributed by atoms with Gasteiger partial charge < -0.3 is 10.0 Å². The van der Waals surface area contributed by atoms with Crippen molar-refractivity contribution in [3.63, 3.8) is 0 Å². The Hall–Kier alpha value is -0.930. The molecule has 106 valence electrons.